The molecule has 5 nitrogen and oxygen atoms in total. The second-order valence-electron chi connectivity index (χ2n) is 8.32. The summed E-state index contributed by atoms with van der Waals surface area (Å²) >= 11 is 6.19. The summed E-state index contributed by atoms with van der Waals surface area (Å²) in [5.74, 6) is -0.305. The van der Waals surface area contributed by atoms with Crippen LogP contribution in [-0.4, -0.2) is 34.0 Å². The van der Waals surface area contributed by atoms with E-state index in [1.54, 1.807) is 53.4 Å². The maximum Gasteiger partial charge on any atom is 0.259 e. The standard InChI is InChI=1S/C26H23ClN2O3S/c27-20-8-6-7-18(15-20)17-29-22-16-19(25(30)28-13-4-1-5-14-28)11-12-24(22)33(32)23-10-3-2-9-21(23)26(29)31/h2-3,6-12,15-16H,1,4-5,13-14,17H2/t33-/m0/s1. The number of likely N-dealkylation sites (tertiary alicyclic amines) is 1. The van der Waals surface area contributed by atoms with Crippen LogP contribution in [-0.2, 0) is 17.3 Å². The normalized spacial score (nSPS) is 17.8. The van der Waals surface area contributed by atoms with Gasteiger partial charge in [0.1, 0.15) is 0 Å². The van der Waals surface area contributed by atoms with Crippen LogP contribution in [0.1, 0.15) is 45.5 Å². The van der Waals surface area contributed by atoms with Crippen molar-refractivity contribution in [2.24, 2.45) is 0 Å². The van der Waals surface area contributed by atoms with Gasteiger partial charge in [-0.1, -0.05) is 35.9 Å². The molecule has 0 bridgehead atoms. The van der Waals surface area contributed by atoms with Crippen LogP contribution in [0.3, 0.4) is 0 Å². The average Bonchev–Trinajstić information content (AvgIpc) is 2.93. The Balaban J connectivity index is 1.62. The molecule has 3 aromatic carbocycles. The van der Waals surface area contributed by atoms with Gasteiger partial charge in [-0.15, -0.1) is 0 Å². The third kappa shape index (κ3) is 4.21. The van der Waals surface area contributed by atoms with Crippen molar-refractivity contribution in [3.63, 3.8) is 0 Å². The average molecular weight is 479 g/mol. The molecule has 5 rings (SSSR count). The van der Waals surface area contributed by atoms with E-state index in [0.29, 0.717) is 31.6 Å². The molecule has 2 amide bonds. The van der Waals surface area contributed by atoms with Gasteiger partial charge < -0.3 is 9.80 Å². The lowest BCUT2D eigenvalue weighted by Crippen LogP contribution is -2.36. The molecule has 2 aliphatic heterocycles. The van der Waals surface area contributed by atoms with Crippen LogP contribution < -0.4 is 4.90 Å². The smallest absolute Gasteiger partial charge is 0.259 e. The summed E-state index contributed by atoms with van der Waals surface area (Å²) in [5.41, 5.74) is 2.25. The van der Waals surface area contributed by atoms with Crippen LogP contribution in [0.25, 0.3) is 0 Å². The first-order valence-corrected chi connectivity index (χ1v) is 12.6. The SMILES string of the molecule is O=C(c1ccc2c(c1)N(Cc1cccc(Cl)c1)C(=O)c1ccccc1[S@@]2=O)N1CCCCC1. The van der Waals surface area contributed by atoms with Crippen LogP contribution >= 0.6 is 11.6 Å². The molecule has 33 heavy (non-hydrogen) atoms. The fraction of sp³-hybridized carbons (Fsp3) is 0.231. The number of nitrogens with zero attached hydrogens (tertiary/aromatic N) is 2. The fourth-order valence-electron chi connectivity index (χ4n) is 4.45. The van der Waals surface area contributed by atoms with E-state index >= 15 is 0 Å². The lowest BCUT2D eigenvalue weighted by atomic mass is 10.1. The summed E-state index contributed by atoms with van der Waals surface area (Å²) in [7, 11) is -1.55. The molecule has 1 saturated heterocycles. The molecular formula is C26H23ClN2O3S. The van der Waals surface area contributed by atoms with Gasteiger partial charge in [-0.3, -0.25) is 9.59 Å². The Morgan fingerprint density at radius 1 is 0.909 bits per heavy atom. The van der Waals surface area contributed by atoms with Gasteiger partial charge in [-0.2, -0.15) is 0 Å². The monoisotopic (exact) mass is 478 g/mol. The van der Waals surface area contributed by atoms with Crippen LogP contribution in [0.4, 0.5) is 5.69 Å². The van der Waals surface area contributed by atoms with E-state index in [9.17, 15) is 13.8 Å². The Morgan fingerprint density at radius 2 is 1.70 bits per heavy atom. The van der Waals surface area contributed by atoms with Gasteiger partial charge in [-0.25, -0.2) is 4.21 Å². The van der Waals surface area contributed by atoms with E-state index in [0.717, 1.165) is 37.9 Å². The molecular weight excluding hydrogens is 456 g/mol. The van der Waals surface area contributed by atoms with E-state index in [1.165, 1.54) is 0 Å². The molecule has 1 atom stereocenters. The predicted octanol–water partition coefficient (Wildman–Crippen LogP) is 5.29. The highest BCUT2D eigenvalue weighted by atomic mass is 35.5. The lowest BCUT2D eigenvalue weighted by Gasteiger charge is -2.28. The number of amides is 2. The minimum atomic E-state index is -1.55. The lowest BCUT2D eigenvalue weighted by molar-refractivity contribution is 0.0724. The largest absolute Gasteiger partial charge is 0.339 e. The zero-order valence-corrected chi connectivity index (χ0v) is 19.6. The molecule has 3 aromatic rings. The molecule has 7 heteroatoms. The maximum absolute atomic E-state index is 13.7. The Labute approximate surface area is 200 Å². The summed E-state index contributed by atoms with van der Waals surface area (Å²) in [6.45, 7) is 1.72. The van der Waals surface area contributed by atoms with Crippen LogP contribution in [0.2, 0.25) is 5.02 Å². The first kappa shape index (κ1) is 21.9. The molecule has 2 aliphatic rings. The summed E-state index contributed by atoms with van der Waals surface area (Å²) in [6, 6.07) is 19.5. The van der Waals surface area contributed by atoms with Crippen molar-refractivity contribution < 1.29 is 13.8 Å². The Kier molecular flexibility index (Phi) is 6.04. The van der Waals surface area contributed by atoms with Crippen molar-refractivity contribution in [3.8, 4) is 0 Å². The highest BCUT2D eigenvalue weighted by Gasteiger charge is 2.32. The third-order valence-electron chi connectivity index (χ3n) is 6.13. The molecule has 0 unspecified atom stereocenters. The van der Waals surface area contributed by atoms with Crippen molar-refractivity contribution in [2.45, 2.75) is 35.6 Å². The Hall–Kier alpha value is -2.96. The first-order chi connectivity index (χ1) is 16.0. The molecule has 1 fully saturated rings. The third-order valence-corrected chi connectivity index (χ3v) is 7.87. The van der Waals surface area contributed by atoms with E-state index in [2.05, 4.69) is 0 Å². The topological polar surface area (TPSA) is 57.7 Å². The molecule has 0 aliphatic carbocycles. The summed E-state index contributed by atoms with van der Waals surface area (Å²) in [4.78, 5) is 31.3. The number of hydrogen-bond acceptors (Lipinski definition) is 3. The van der Waals surface area contributed by atoms with E-state index in [-0.39, 0.29) is 18.4 Å². The number of rotatable bonds is 3. The Morgan fingerprint density at radius 3 is 2.48 bits per heavy atom. The van der Waals surface area contributed by atoms with Gasteiger partial charge in [-0.05, 0) is 67.3 Å². The van der Waals surface area contributed by atoms with E-state index in [1.807, 2.05) is 23.1 Å². The van der Waals surface area contributed by atoms with Crippen LogP contribution in [0.15, 0.2) is 76.5 Å². The zero-order valence-electron chi connectivity index (χ0n) is 18.0. The van der Waals surface area contributed by atoms with Gasteiger partial charge in [0.2, 0.25) is 0 Å². The van der Waals surface area contributed by atoms with Gasteiger partial charge in [0, 0.05) is 23.7 Å². The number of fused-ring (bicyclic) bond motifs is 2. The second kappa shape index (κ2) is 9.12. The molecule has 0 radical (unpaired) electrons. The van der Waals surface area contributed by atoms with Crippen molar-refractivity contribution in [2.75, 3.05) is 18.0 Å². The first-order valence-electron chi connectivity index (χ1n) is 11.0. The van der Waals surface area contributed by atoms with Crippen LogP contribution in [0.5, 0.6) is 0 Å². The van der Waals surface area contributed by atoms with Gasteiger partial charge in [0.15, 0.2) is 0 Å². The van der Waals surface area contributed by atoms with E-state index in [4.69, 9.17) is 11.6 Å². The summed E-state index contributed by atoms with van der Waals surface area (Å²) < 4.78 is 13.5. The van der Waals surface area contributed by atoms with Gasteiger partial charge >= 0.3 is 0 Å². The zero-order chi connectivity index (χ0) is 22.9. The minimum absolute atomic E-state index is 0.0554. The number of piperidine rings is 1. The number of carbonyl (C=O) groups is 2. The predicted molar refractivity (Wildman–Crippen MR) is 129 cm³/mol. The van der Waals surface area contributed by atoms with Gasteiger partial charge in [0.25, 0.3) is 11.8 Å². The number of anilines is 1. The highest BCUT2D eigenvalue weighted by Crippen LogP contribution is 2.36. The highest BCUT2D eigenvalue weighted by molar-refractivity contribution is 7.85. The van der Waals surface area contributed by atoms with E-state index < -0.39 is 10.8 Å². The number of hydrogen-bond donors (Lipinski definition) is 0. The number of halogens is 1. The molecule has 0 aromatic heterocycles. The Bertz CT molecular complexity index is 1270. The molecule has 0 N–H and O–H groups in total. The van der Waals surface area contributed by atoms with Crippen LogP contribution in [0, 0.1) is 0 Å². The number of benzene rings is 3. The quantitative estimate of drug-likeness (QED) is 0.513. The number of carbonyl (C=O) groups excluding carboxylic acids is 2. The fourth-order valence-corrected chi connectivity index (χ4v) is 6.01. The molecule has 0 saturated carbocycles. The van der Waals surface area contributed by atoms with Crippen molar-refractivity contribution in [3.05, 3.63) is 88.4 Å². The molecule has 0 spiro atoms. The van der Waals surface area contributed by atoms with Crippen molar-refractivity contribution >= 4 is 39.9 Å². The summed E-state index contributed by atoms with van der Waals surface area (Å²) in [5, 5.41) is 0.577. The molecule has 2 heterocycles. The van der Waals surface area contributed by atoms with Crippen molar-refractivity contribution in [1.82, 2.24) is 4.90 Å². The molecule has 168 valence electrons. The van der Waals surface area contributed by atoms with Gasteiger partial charge in [0.05, 0.1) is 38.4 Å². The summed E-state index contributed by atoms with van der Waals surface area (Å²) in [6.07, 6.45) is 3.12. The maximum atomic E-state index is 13.7. The second-order valence-corrected chi connectivity index (χ2v) is 10.2. The van der Waals surface area contributed by atoms with Crippen molar-refractivity contribution in [1.29, 1.82) is 0 Å². The minimum Gasteiger partial charge on any atom is -0.339 e.